The van der Waals surface area contributed by atoms with Crippen LogP contribution in [0.3, 0.4) is 0 Å². The molecule has 2 unspecified atom stereocenters. The van der Waals surface area contributed by atoms with Crippen LogP contribution in [0.1, 0.15) is 22.8 Å². The molecule has 1 aliphatic heterocycles. The fourth-order valence-electron chi connectivity index (χ4n) is 2.15. The first-order valence-corrected chi connectivity index (χ1v) is 7.68. The monoisotopic (exact) mass is 343 g/mol. The van der Waals surface area contributed by atoms with E-state index in [0.29, 0.717) is 11.3 Å². The number of aryl methyl sites for hydroxylation is 1. The second-order valence-electron chi connectivity index (χ2n) is 4.52. The standard InChI is InChI=1S/C13H14BrNO3S/c1-7-3-9(5-10(14)4-7)12(16)15-8(2)19-6-11(15)13(17)18/h3-5,8,11H,6H2,1-2H3,(H,17,18). The van der Waals surface area contributed by atoms with Gasteiger partial charge in [0.05, 0.1) is 5.37 Å². The molecule has 1 fully saturated rings. The minimum absolute atomic E-state index is 0.118. The van der Waals surface area contributed by atoms with E-state index in [2.05, 4.69) is 15.9 Å². The highest BCUT2D eigenvalue weighted by atomic mass is 79.9. The van der Waals surface area contributed by atoms with Crippen molar-refractivity contribution >= 4 is 39.6 Å². The van der Waals surface area contributed by atoms with Gasteiger partial charge in [-0.1, -0.05) is 15.9 Å². The molecule has 1 heterocycles. The summed E-state index contributed by atoms with van der Waals surface area (Å²) in [5.74, 6) is -0.735. The van der Waals surface area contributed by atoms with Crippen LogP contribution in [0.25, 0.3) is 0 Å². The number of carbonyl (C=O) groups excluding carboxylic acids is 1. The maximum Gasteiger partial charge on any atom is 0.327 e. The molecule has 1 saturated heterocycles. The van der Waals surface area contributed by atoms with E-state index >= 15 is 0 Å². The molecule has 1 amide bonds. The molecule has 0 radical (unpaired) electrons. The molecule has 0 spiro atoms. The Morgan fingerprint density at radius 2 is 2.11 bits per heavy atom. The third-order valence-corrected chi connectivity index (χ3v) is 4.71. The summed E-state index contributed by atoms with van der Waals surface area (Å²) in [6.45, 7) is 3.76. The van der Waals surface area contributed by atoms with Crippen LogP contribution in [0.4, 0.5) is 0 Å². The van der Waals surface area contributed by atoms with Gasteiger partial charge in [0.25, 0.3) is 5.91 Å². The van der Waals surface area contributed by atoms with Crippen molar-refractivity contribution in [3.05, 3.63) is 33.8 Å². The minimum Gasteiger partial charge on any atom is -0.480 e. The summed E-state index contributed by atoms with van der Waals surface area (Å²) in [5.41, 5.74) is 1.48. The third kappa shape index (κ3) is 2.95. The van der Waals surface area contributed by atoms with E-state index in [1.54, 1.807) is 12.1 Å². The minimum atomic E-state index is -0.947. The topological polar surface area (TPSA) is 57.6 Å². The first-order valence-electron chi connectivity index (χ1n) is 5.84. The lowest BCUT2D eigenvalue weighted by Gasteiger charge is -2.25. The molecule has 2 atom stereocenters. The van der Waals surface area contributed by atoms with Crippen LogP contribution in [-0.4, -0.2) is 39.1 Å². The molecule has 19 heavy (non-hydrogen) atoms. The van der Waals surface area contributed by atoms with Crippen LogP contribution in [0, 0.1) is 6.92 Å². The van der Waals surface area contributed by atoms with Crippen LogP contribution in [0.15, 0.2) is 22.7 Å². The van der Waals surface area contributed by atoms with Crippen LogP contribution in [0.5, 0.6) is 0 Å². The molecular formula is C13H14BrNO3S. The second-order valence-corrected chi connectivity index (χ2v) is 6.78. The van der Waals surface area contributed by atoms with Gasteiger partial charge in [0.1, 0.15) is 6.04 Å². The van der Waals surface area contributed by atoms with Gasteiger partial charge >= 0.3 is 5.97 Å². The number of thioether (sulfide) groups is 1. The molecular weight excluding hydrogens is 330 g/mol. The number of nitrogens with zero attached hydrogens (tertiary/aromatic N) is 1. The summed E-state index contributed by atoms with van der Waals surface area (Å²) in [4.78, 5) is 25.2. The SMILES string of the molecule is Cc1cc(Br)cc(C(=O)N2C(C)SCC2C(=O)O)c1. The van der Waals surface area contributed by atoms with E-state index in [0.717, 1.165) is 10.0 Å². The fourth-order valence-corrected chi connectivity index (χ4v) is 3.93. The fraction of sp³-hybridized carbons (Fsp3) is 0.385. The molecule has 0 aromatic heterocycles. The lowest BCUT2D eigenvalue weighted by atomic mass is 10.1. The van der Waals surface area contributed by atoms with Crippen molar-refractivity contribution in [2.45, 2.75) is 25.3 Å². The van der Waals surface area contributed by atoms with Crippen LogP contribution in [0.2, 0.25) is 0 Å². The maximum atomic E-state index is 12.5. The largest absolute Gasteiger partial charge is 0.480 e. The van der Waals surface area contributed by atoms with Gasteiger partial charge in [0.2, 0.25) is 0 Å². The Morgan fingerprint density at radius 1 is 1.42 bits per heavy atom. The van der Waals surface area contributed by atoms with E-state index in [1.165, 1.54) is 16.7 Å². The van der Waals surface area contributed by atoms with Crippen molar-refractivity contribution in [3.8, 4) is 0 Å². The lowest BCUT2D eigenvalue weighted by molar-refractivity contribution is -0.141. The predicted molar refractivity (Wildman–Crippen MR) is 78.4 cm³/mol. The first kappa shape index (κ1) is 14.4. The normalized spacial score (nSPS) is 22.6. The summed E-state index contributed by atoms with van der Waals surface area (Å²) in [6, 6.07) is 4.67. The Bertz CT molecular complexity index is 514. The molecule has 1 N–H and O–H groups in total. The van der Waals surface area contributed by atoms with E-state index in [-0.39, 0.29) is 11.3 Å². The van der Waals surface area contributed by atoms with E-state index in [1.807, 2.05) is 19.9 Å². The van der Waals surface area contributed by atoms with Crippen LogP contribution >= 0.6 is 27.7 Å². The van der Waals surface area contributed by atoms with Crippen molar-refractivity contribution < 1.29 is 14.7 Å². The molecule has 2 rings (SSSR count). The van der Waals surface area contributed by atoms with Crippen molar-refractivity contribution in [1.29, 1.82) is 0 Å². The molecule has 0 aliphatic carbocycles. The Balaban J connectivity index is 2.34. The highest BCUT2D eigenvalue weighted by Crippen LogP contribution is 2.31. The number of carboxylic acid groups (broad SMARTS) is 1. The van der Waals surface area contributed by atoms with Gasteiger partial charge in [-0.2, -0.15) is 0 Å². The summed E-state index contributed by atoms with van der Waals surface area (Å²) >= 11 is 4.84. The number of carbonyl (C=O) groups is 2. The molecule has 0 bridgehead atoms. The van der Waals surface area contributed by atoms with Gasteiger partial charge < -0.3 is 10.0 Å². The number of benzene rings is 1. The average Bonchev–Trinajstić information content (AvgIpc) is 2.69. The van der Waals surface area contributed by atoms with Crippen molar-refractivity contribution in [3.63, 3.8) is 0 Å². The molecule has 1 aliphatic rings. The number of carboxylic acids is 1. The summed E-state index contributed by atoms with van der Waals surface area (Å²) in [6.07, 6.45) is 0. The predicted octanol–water partition coefficient (Wildman–Crippen LogP) is 2.75. The summed E-state index contributed by atoms with van der Waals surface area (Å²) in [5, 5.41) is 9.07. The Hall–Kier alpha value is -1.01. The van der Waals surface area contributed by atoms with Crippen molar-refractivity contribution in [2.75, 3.05) is 5.75 Å². The van der Waals surface area contributed by atoms with Crippen molar-refractivity contribution in [1.82, 2.24) is 4.90 Å². The zero-order valence-electron chi connectivity index (χ0n) is 10.6. The number of halogens is 1. The molecule has 1 aromatic rings. The van der Waals surface area contributed by atoms with Gasteiger partial charge in [-0.25, -0.2) is 4.79 Å². The third-order valence-electron chi connectivity index (χ3n) is 3.03. The molecule has 0 saturated carbocycles. The molecule has 1 aromatic carbocycles. The highest BCUT2D eigenvalue weighted by molar-refractivity contribution is 9.10. The van der Waals surface area contributed by atoms with E-state index in [4.69, 9.17) is 0 Å². The number of rotatable bonds is 2. The van der Waals surface area contributed by atoms with Crippen molar-refractivity contribution in [2.24, 2.45) is 0 Å². The molecule has 4 nitrogen and oxygen atoms in total. The van der Waals surface area contributed by atoms with Crippen LogP contribution in [-0.2, 0) is 4.79 Å². The van der Waals surface area contributed by atoms with Gasteiger partial charge in [-0.3, -0.25) is 4.79 Å². The average molecular weight is 344 g/mol. The number of hydrogen-bond donors (Lipinski definition) is 1. The maximum absolute atomic E-state index is 12.5. The number of hydrogen-bond acceptors (Lipinski definition) is 3. The second kappa shape index (κ2) is 5.54. The summed E-state index contributed by atoms with van der Waals surface area (Å²) in [7, 11) is 0. The smallest absolute Gasteiger partial charge is 0.327 e. The van der Waals surface area contributed by atoms with Gasteiger partial charge in [0, 0.05) is 15.8 Å². The van der Waals surface area contributed by atoms with Crippen LogP contribution < -0.4 is 0 Å². The number of amides is 1. The Labute approximate surface area is 124 Å². The zero-order chi connectivity index (χ0) is 14.2. The molecule has 6 heteroatoms. The highest BCUT2D eigenvalue weighted by Gasteiger charge is 2.39. The Kier molecular flexibility index (Phi) is 4.20. The lowest BCUT2D eigenvalue weighted by Crippen LogP contribution is -2.44. The zero-order valence-corrected chi connectivity index (χ0v) is 13.0. The van der Waals surface area contributed by atoms with E-state index in [9.17, 15) is 14.7 Å². The molecule has 102 valence electrons. The first-order chi connectivity index (χ1) is 8.90. The van der Waals surface area contributed by atoms with Gasteiger partial charge in [0.15, 0.2) is 0 Å². The summed E-state index contributed by atoms with van der Waals surface area (Å²) < 4.78 is 0.822. The van der Waals surface area contributed by atoms with Gasteiger partial charge in [-0.15, -0.1) is 11.8 Å². The van der Waals surface area contributed by atoms with Gasteiger partial charge in [-0.05, 0) is 37.6 Å². The quantitative estimate of drug-likeness (QED) is 0.896. The Morgan fingerprint density at radius 3 is 2.68 bits per heavy atom. The van der Waals surface area contributed by atoms with E-state index < -0.39 is 12.0 Å². The number of aliphatic carboxylic acids is 1.